The van der Waals surface area contributed by atoms with E-state index in [2.05, 4.69) is 5.10 Å². The number of aromatic nitrogens is 2. The Bertz CT molecular complexity index is 947. The van der Waals surface area contributed by atoms with E-state index in [0.29, 0.717) is 10.7 Å². The number of hydrogen-bond donors (Lipinski definition) is 0. The number of hydrogen-bond acceptors (Lipinski definition) is 3. The van der Waals surface area contributed by atoms with Gasteiger partial charge in [0.15, 0.2) is 0 Å². The molecule has 2 aromatic rings. The smallest absolute Gasteiger partial charge is 0.287 e. The number of nitrogens with zero attached hydrogens (tertiary/aromatic N) is 2. The molecule has 1 aromatic heterocycles. The minimum Gasteiger partial charge on any atom is -0.287 e. The average molecular weight is 469 g/mol. The van der Waals surface area contributed by atoms with E-state index in [0.717, 1.165) is 19.2 Å². The highest BCUT2D eigenvalue weighted by Crippen LogP contribution is 2.39. The molecule has 0 saturated heterocycles. The Labute approximate surface area is 167 Å². The van der Waals surface area contributed by atoms with Crippen LogP contribution in [0.5, 0.6) is 0 Å². The maximum atomic E-state index is 13.1. The van der Waals surface area contributed by atoms with E-state index in [1.807, 2.05) is 0 Å². The second kappa shape index (κ2) is 8.11. The highest BCUT2D eigenvalue weighted by atomic mass is 35.5. The van der Waals surface area contributed by atoms with Crippen LogP contribution in [0.1, 0.15) is 5.69 Å². The van der Waals surface area contributed by atoms with Gasteiger partial charge in [0.25, 0.3) is 0 Å². The van der Waals surface area contributed by atoms with Crippen molar-refractivity contribution < 1.29 is 30.7 Å². The third-order valence-corrected chi connectivity index (χ3v) is 5.32. The van der Waals surface area contributed by atoms with Gasteiger partial charge in [-0.05, 0) is 12.1 Å². The lowest BCUT2D eigenvalue weighted by Crippen LogP contribution is -2.29. The summed E-state index contributed by atoms with van der Waals surface area (Å²) in [6.07, 6.45) is -8.72. The maximum absolute atomic E-state index is 13.1. The number of benzene rings is 1. The van der Waals surface area contributed by atoms with Gasteiger partial charge in [0.1, 0.15) is 11.4 Å². The molecule has 0 aliphatic rings. The predicted octanol–water partition coefficient (Wildman–Crippen LogP) is 5.77. The Morgan fingerprint density at radius 2 is 1.71 bits per heavy atom. The van der Waals surface area contributed by atoms with Crippen molar-refractivity contribution in [2.24, 2.45) is 7.05 Å². The van der Waals surface area contributed by atoms with Crippen molar-refractivity contribution in [2.75, 3.05) is 5.75 Å². The first-order valence-electron chi connectivity index (χ1n) is 7.17. The molecular weight excluding hydrogens is 460 g/mol. The molecule has 0 spiro atoms. The standard InChI is InChI=1S/C15H9Cl2F7N2OS/c1-26-11(15(22,23)24)4-9(27)12(25-26)6-2-10(8(17)3-7(6)16)28-5-14(20,21)13(18)19/h2-4,13H,5H2,1H3. The summed E-state index contributed by atoms with van der Waals surface area (Å²) in [5, 5.41) is 3.22. The van der Waals surface area contributed by atoms with Gasteiger partial charge >= 0.3 is 18.5 Å². The minimum atomic E-state index is -4.83. The lowest BCUT2D eigenvalue weighted by molar-refractivity contribution is -0.144. The fourth-order valence-corrected chi connectivity index (χ4v) is 3.56. The van der Waals surface area contributed by atoms with Crippen LogP contribution in [0.15, 0.2) is 27.9 Å². The van der Waals surface area contributed by atoms with E-state index in [1.54, 1.807) is 0 Å². The molecule has 0 saturated carbocycles. The summed E-state index contributed by atoms with van der Waals surface area (Å²) in [5.74, 6) is -5.61. The molecule has 0 aliphatic heterocycles. The van der Waals surface area contributed by atoms with Gasteiger partial charge in [-0.3, -0.25) is 9.48 Å². The molecule has 0 aliphatic carbocycles. The lowest BCUT2D eigenvalue weighted by atomic mass is 10.1. The lowest BCUT2D eigenvalue weighted by Gasteiger charge is -2.16. The topological polar surface area (TPSA) is 34.9 Å². The number of rotatable bonds is 5. The summed E-state index contributed by atoms with van der Waals surface area (Å²) >= 11 is 12.1. The number of thioether (sulfide) groups is 1. The molecule has 0 fully saturated rings. The highest BCUT2D eigenvalue weighted by Gasteiger charge is 2.40. The van der Waals surface area contributed by atoms with Crippen LogP contribution in [0.2, 0.25) is 10.0 Å². The zero-order valence-electron chi connectivity index (χ0n) is 13.6. The van der Waals surface area contributed by atoms with Gasteiger partial charge in [0, 0.05) is 23.6 Å². The van der Waals surface area contributed by atoms with Gasteiger partial charge in [0.05, 0.1) is 15.8 Å². The summed E-state index contributed by atoms with van der Waals surface area (Å²) in [6, 6.07) is 2.40. The zero-order valence-corrected chi connectivity index (χ0v) is 16.0. The van der Waals surface area contributed by atoms with Gasteiger partial charge in [-0.1, -0.05) is 23.2 Å². The van der Waals surface area contributed by atoms with Crippen molar-refractivity contribution in [3.8, 4) is 11.3 Å². The van der Waals surface area contributed by atoms with Crippen LogP contribution >= 0.6 is 35.0 Å². The number of aryl methyl sites for hydroxylation is 1. The molecule has 0 unspecified atom stereocenters. The van der Waals surface area contributed by atoms with E-state index in [1.165, 1.54) is 0 Å². The Balaban J connectivity index is 2.50. The molecule has 2 rings (SSSR count). The molecule has 28 heavy (non-hydrogen) atoms. The summed E-state index contributed by atoms with van der Waals surface area (Å²) < 4.78 is 89.8. The van der Waals surface area contributed by atoms with E-state index in [9.17, 15) is 35.5 Å². The van der Waals surface area contributed by atoms with E-state index >= 15 is 0 Å². The van der Waals surface area contributed by atoms with E-state index < -0.39 is 41.1 Å². The molecule has 1 heterocycles. The summed E-state index contributed by atoms with van der Waals surface area (Å²) in [4.78, 5) is 12.0. The summed E-state index contributed by atoms with van der Waals surface area (Å²) in [7, 11) is 0.953. The van der Waals surface area contributed by atoms with Crippen LogP contribution in [-0.2, 0) is 13.2 Å². The van der Waals surface area contributed by atoms with E-state index in [-0.39, 0.29) is 32.3 Å². The maximum Gasteiger partial charge on any atom is 0.433 e. The van der Waals surface area contributed by atoms with Crippen molar-refractivity contribution in [3.05, 3.63) is 44.2 Å². The number of halogens is 9. The third-order valence-electron chi connectivity index (χ3n) is 3.41. The molecule has 154 valence electrons. The Morgan fingerprint density at radius 3 is 2.25 bits per heavy atom. The molecule has 1 aromatic carbocycles. The van der Waals surface area contributed by atoms with Crippen molar-refractivity contribution in [3.63, 3.8) is 0 Å². The Hall–Kier alpha value is -1.46. The SMILES string of the molecule is Cn1nc(-c2cc(SCC(F)(F)C(F)F)c(Cl)cc2Cl)c(=O)cc1C(F)(F)F. The molecule has 0 radical (unpaired) electrons. The van der Waals surface area contributed by atoms with Crippen LogP contribution < -0.4 is 5.43 Å². The van der Waals surface area contributed by atoms with Crippen molar-refractivity contribution in [1.29, 1.82) is 0 Å². The van der Waals surface area contributed by atoms with E-state index in [4.69, 9.17) is 23.2 Å². The molecule has 3 nitrogen and oxygen atoms in total. The van der Waals surface area contributed by atoms with Crippen LogP contribution in [0, 0.1) is 0 Å². The predicted molar refractivity (Wildman–Crippen MR) is 91.6 cm³/mol. The van der Waals surface area contributed by atoms with Crippen LogP contribution in [-0.4, -0.2) is 27.9 Å². The van der Waals surface area contributed by atoms with Gasteiger partial charge in [0.2, 0.25) is 5.43 Å². The highest BCUT2D eigenvalue weighted by molar-refractivity contribution is 7.99. The van der Waals surface area contributed by atoms with Crippen molar-refractivity contribution in [1.82, 2.24) is 9.78 Å². The fourth-order valence-electron chi connectivity index (χ4n) is 2.05. The second-order valence-electron chi connectivity index (χ2n) is 5.48. The first-order valence-corrected chi connectivity index (χ1v) is 8.92. The monoisotopic (exact) mass is 468 g/mol. The van der Waals surface area contributed by atoms with Gasteiger partial charge in [-0.2, -0.15) is 27.1 Å². The first kappa shape index (κ1) is 22.8. The molecular formula is C15H9Cl2F7N2OS. The van der Waals surface area contributed by atoms with Crippen molar-refractivity contribution >= 4 is 35.0 Å². The van der Waals surface area contributed by atoms with Gasteiger partial charge in [-0.25, -0.2) is 8.78 Å². The number of alkyl halides is 7. The second-order valence-corrected chi connectivity index (χ2v) is 7.31. The van der Waals surface area contributed by atoms with Crippen LogP contribution in [0.3, 0.4) is 0 Å². The molecule has 0 N–H and O–H groups in total. The fraction of sp³-hybridized carbons (Fsp3) is 0.333. The Kier molecular flexibility index (Phi) is 6.61. The quantitative estimate of drug-likeness (QED) is 0.413. The minimum absolute atomic E-state index is 0.120. The normalized spacial score (nSPS) is 12.7. The van der Waals surface area contributed by atoms with Gasteiger partial charge < -0.3 is 0 Å². The summed E-state index contributed by atoms with van der Waals surface area (Å²) in [5.41, 5.74) is -3.09. The molecule has 0 amide bonds. The third kappa shape index (κ3) is 4.93. The molecule has 0 bridgehead atoms. The average Bonchev–Trinajstić information content (AvgIpc) is 2.55. The van der Waals surface area contributed by atoms with Crippen LogP contribution in [0.4, 0.5) is 30.7 Å². The summed E-state index contributed by atoms with van der Waals surface area (Å²) in [6.45, 7) is 0. The zero-order chi connectivity index (χ0) is 21.4. The molecule has 0 atom stereocenters. The Morgan fingerprint density at radius 1 is 1.11 bits per heavy atom. The van der Waals surface area contributed by atoms with Gasteiger partial charge in [-0.15, -0.1) is 11.8 Å². The largest absolute Gasteiger partial charge is 0.433 e. The van der Waals surface area contributed by atoms with Crippen molar-refractivity contribution in [2.45, 2.75) is 23.4 Å². The van der Waals surface area contributed by atoms with Crippen LogP contribution in [0.25, 0.3) is 11.3 Å². The molecule has 13 heteroatoms. The first-order chi connectivity index (χ1) is 12.7.